The monoisotopic (exact) mass is 125 g/mol. The van der Waals surface area contributed by atoms with Crippen molar-refractivity contribution < 1.29 is 0 Å². The Morgan fingerprint density at radius 1 is 1.44 bits per heavy atom. The summed E-state index contributed by atoms with van der Waals surface area (Å²) in [6, 6.07) is 0. The molecule has 0 unspecified atom stereocenters. The summed E-state index contributed by atoms with van der Waals surface area (Å²) in [5.41, 5.74) is 0. The topological polar surface area (TPSA) is 27.1 Å². The molecule has 0 bridgehead atoms. The van der Waals surface area contributed by atoms with Crippen LogP contribution < -0.4 is 0 Å². The summed E-state index contributed by atoms with van der Waals surface area (Å²) in [6.07, 6.45) is 4.59. The van der Waals surface area contributed by atoms with E-state index in [0.717, 1.165) is 25.9 Å². The van der Waals surface area contributed by atoms with Crippen LogP contribution in [0.4, 0.5) is 0 Å². The lowest BCUT2D eigenvalue weighted by molar-refractivity contribution is 0.380. The van der Waals surface area contributed by atoms with Crippen molar-refractivity contribution in [2.24, 2.45) is 0 Å². The van der Waals surface area contributed by atoms with Crippen LogP contribution in [0, 0.1) is 11.8 Å². The minimum atomic E-state index is 0.711. The Labute approximate surface area is 56.4 Å². The van der Waals surface area contributed by atoms with E-state index in [1.54, 1.807) is 0 Å². The third-order valence-electron chi connectivity index (χ3n) is 1.68. The molecular formula is C7H13N2. The Morgan fingerprint density at radius 3 is 2.33 bits per heavy atom. The summed E-state index contributed by atoms with van der Waals surface area (Å²) in [4.78, 5) is 2.11. The van der Waals surface area contributed by atoms with E-state index in [1.807, 2.05) is 6.92 Å². The van der Waals surface area contributed by atoms with Crippen molar-refractivity contribution in [3.63, 3.8) is 0 Å². The van der Waals surface area contributed by atoms with Gasteiger partial charge in [-0.25, -0.2) is 0 Å². The largest absolute Gasteiger partial charge is 0.361 e. The van der Waals surface area contributed by atoms with Gasteiger partial charge in [0.2, 0.25) is 0 Å². The molecule has 1 saturated heterocycles. The van der Waals surface area contributed by atoms with E-state index in [1.165, 1.54) is 0 Å². The maximum Gasteiger partial charge on any atom is 0.0925 e. The van der Waals surface area contributed by atoms with Gasteiger partial charge in [0.05, 0.1) is 5.84 Å². The van der Waals surface area contributed by atoms with Crippen molar-refractivity contribution >= 4 is 5.84 Å². The molecule has 0 saturated carbocycles. The number of nitrogens with one attached hydrogen (secondary N) is 1. The average molecular weight is 125 g/mol. The Bertz CT molecular complexity index is 103. The van der Waals surface area contributed by atoms with Gasteiger partial charge in [-0.15, -0.1) is 0 Å². The summed E-state index contributed by atoms with van der Waals surface area (Å²) < 4.78 is 0. The van der Waals surface area contributed by atoms with E-state index in [9.17, 15) is 0 Å². The molecule has 1 heterocycles. The van der Waals surface area contributed by atoms with Crippen molar-refractivity contribution in [1.29, 1.82) is 5.41 Å². The van der Waals surface area contributed by atoms with Crippen LogP contribution in [0.25, 0.3) is 0 Å². The van der Waals surface area contributed by atoms with E-state index < -0.39 is 0 Å². The minimum Gasteiger partial charge on any atom is -0.361 e. The molecule has 9 heavy (non-hydrogen) atoms. The first-order chi connectivity index (χ1) is 4.30. The summed E-state index contributed by atoms with van der Waals surface area (Å²) in [5.74, 6) is 0.711. The van der Waals surface area contributed by atoms with Crippen LogP contribution in [0.15, 0.2) is 0 Å². The smallest absolute Gasteiger partial charge is 0.0925 e. The number of nitrogens with zero attached hydrogens (tertiary/aromatic N) is 1. The molecule has 0 atom stereocenters. The first-order valence-electron chi connectivity index (χ1n) is 3.42. The fourth-order valence-electron chi connectivity index (χ4n) is 1.09. The highest BCUT2D eigenvalue weighted by atomic mass is 15.2. The van der Waals surface area contributed by atoms with E-state index in [2.05, 4.69) is 11.3 Å². The summed E-state index contributed by atoms with van der Waals surface area (Å²) >= 11 is 0. The van der Waals surface area contributed by atoms with Gasteiger partial charge in [0.25, 0.3) is 0 Å². The van der Waals surface area contributed by atoms with Gasteiger partial charge in [-0.3, -0.25) is 5.41 Å². The first-order valence-corrected chi connectivity index (χ1v) is 3.42. The maximum absolute atomic E-state index is 7.30. The zero-order valence-electron chi connectivity index (χ0n) is 5.85. The summed E-state index contributed by atoms with van der Waals surface area (Å²) in [6.45, 7) is 3.95. The van der Waals surface area contributed by atoms with Gasteiger partial charge in [-0.2, -0.15) is 0 Å². The number of rotatable bonds is 0. The van der Waals surface area contributed by atoms with Crippen LogP contribution in [-0.4, -0.2) is 23.8 Å². The Morgan fingerprint density at radius 2 is 2.00 bits per heavy atom. The third kappa shape index (κ3) is 1.70. The molecule has 1 rings (SSSR count). The highest BCUT2D eigenvalue weighted by Crippen LogP contribution is 2.06. The lowest BCUT2D eigenvalue weighted by Gasteiger charge is -2.26. The molecule has 0 aliphatic carbocycles. The van der Waals surface area contributed by atoms with Gasteiger partial charge in [-0.1, -0.05) is 0 Å². The molecule has 0 spiro atoms. The number of hydrogen-bond acceptors (Lipinski definition) is 1. The zero-order chi connectivity index (χ0) is 6.69. The first kappa shape index (κ1) is 6.59. The minimum absolute atomic E-state index is 0.711. The molecule has 2 nitrogen and oxygen atoms in total. The van der Waals surface area contributed by atoms with Crippen LogP contribution in [0.1, 0.15) is 19.8 Å². The summed E-state index contributed by atoms with van der Waals surface area (Å²) in [7, 11) is 0. The molecule has 0 aromatic heterocycles. The lowest BCUT2D eigenvalue weighted by atomic mass is 10.1. The molecule has 1 fully saturated rings. The van der Waals surface area contributed by atoms with Crippen molar-refractivity contribution in [3.8, 4) is 0 Å². The number of hydrogen-bond donors (Lipinski definition) is 1. The molecule has 51 valence electrons. The van der Waals surface area contributed by atoms with Crippen molar-refractivity contribution in [2.75, 3.05) is 13.1 Å². The highest BCUT2D eigenvalue weighted by molar-refractivity contribution is 5.76. The molecule has 1 aliphatic heterocycles. The molecule has 1 N–H and O–H groups in total. The molecule has 0 aromatic carbocycles. The van der Waals surface area contributed by atoms with Crippen LogP contribution in [0.3, 0.4) is 0 Å². The van der Waals surface area contributed by atoms with E-state index in [-0.39, 0.29) is 0 Å². The van der Waals surface area contributed by atoms with Crippen molar-refractivity contribution in [3.05, 3.63) is 6.42 Å². The number of piperidine rings is 1. The molecular weight excluding hydrogens is 112 g/mol. The van der Waals surface area contributed by atoms with Gasteiger partial charge < -0.3 is 4.90 Å². The van der Waals surface area contributed by atoms with E-state index in [4.69, 9.17) is 5.41 Å². The van der Waals surface area contributed by atoms with Crippen LogP contribution in [0.2, 0.25) is 0 Å². The fraction of sp³-hybridized carbons (Fsp3) is 0.714. The van der Waals surface area contributed by atoms with Crippen molar-refractivity contribution in [1.82, 2.24) is 4.90 Å². The molecule has 2 heteroatoms. The van der Waals surface area contributed by atoms with Gasteiger partial charge in [-0.05, 0) is 26.2 Å². The van der Waals surface area contributed by atoms with Crippen molar-refractivity contribution in [2.45, 2.75) is 19.8 Å². The number of likely N-dealkylation sites (tertiary alicyclic amines) is 1. The summed E-state index contributed by atoms with van der Waals surface area (Å²) in [5, 5.41) is 7.30. The lowest BCUT2D eigenvalue weighted by Crippen LogP contribution is -2.33. The van der Waals surface area contributed by atoms with Crippen LogP contribution in [-0.2, 0) is 0 Å². The predicted molar refractivity (Wildman–Crippen MR) is 38.5 cm³/mol. The molecule has 1 aliphatic rings. The standard InChI is InChI=1S/C7H13N2/c1-7(8)9-5-3-2-4-6-9/h2,8H,3-6H2,1H3. The van der Waals surface area contributed by atoms with E-state index >= 15 is 0 Å². The second-order valence-electron chi connectivity index (χ2n) is 2.44. The Kier molecular flexibility index (Phi) is 2.09. The van der Waals surface area contributed by atoms with Crippen LogP contribution >= 0.6 is 0 Å². The average Bonchev–Trinajstić information content (AvgIpc) is 1.90. The van der Waals surface area contributed by atoms with E-state index in [0.29, 0.717) is 5.84 Å². The SMILES string of the molecule is CC(=N)N1CC[CH]CC1. The van der Waals surface area contributed by atoms with Gasteiger partial charge in [0, 0.05) is 13.1 Å². The number of amidine groups is 1. The normalized spacial score (nSPS) is 19.9. The Balaban J connectivity index is 2.31. The quantitative estimate of drug-likeness (QED) is 0.383. The molecule has 1 radical (unpaired) electrons. The highest BCUT2D eigenvalue weighted by Gasteiger charge is 2.08. The Hall–Kier alpha value is -0.530. The zero-order valence-corrected chi connectivity index (χ0v) is 5.85. The predicted octanol–water partition coefficient (Wildman–Crippen LogP) is 1.28. The molecule has 0 aromatic rings. The van der Waals surface area contributed by atoms with Gasteiger partial charge >= 0.3 is 0 Å². The second-order valence-corrected chi connectivity index (χ2v) is 2.44. The van der Waals surface area contributed by atoms with Crippen LogP contribution in [0.5, 0.6) is 0 Å². The van der Waals surface area contributed by atoms with Gasteiger partial charge in [0.15, 0.2) is 0 Å². The maximum atomic E-state index is 7.30. The second kappa shape index (κ2) is 2.85. The molecule has 0 amide bonds. The fourth-order valence-corrected chi connectivity index (χ4v) is 1.09. The third-order valence-corrected chi connectivity index (χ3v) is 1.68. The van der Waals surface area contributed by atoms with Gasteiger partial charge in [0.1, 0.15) is 0 Å².